The van der Waals surface area contributed by atoms with Crippen LogP contribution < -0.4 is 0 Å². The molecule has 1 aliphatic heterocycles. The van der Waals surface area contributed by atoms with E-state index < -0.39 is 17.9 Å². The van der Waals surface area contributed by atoms with Gasteiger partial charge in [-0.25, -0.2) is 4.79 Å². The Morgan fingerprint density at radius 1 is 1.21 bits per heavy atom. The fourth-order valence-corrected chi connectivity index (χ4v) is 4.28. The summed E-state index contributed by atoms with van der Waals surface area (Å²) in [6.07, 6.45) is 4.85. The Morgan fingerprint density at radius 3 is 2.50 bits per heavy atom. The van der Waals surface area contributed by atoms with Crippen LogP contribution in [0.2, 0.25) is 0 Å². The van der Waals surface area contributed by atoms with Crippen molar-refractivity contribution in [3.05, 3.63) is 11.1 Å². The van der Waals surface area contributed by atoms with Crippen LogP contribution in [0.4, 0.5) is 8.78 Å². The van der Waals surface area contributed by atoms with Crippen molar-refractivity contribution < 1.29 is 27.8 Å². The van der Waals surface area contributed by atoms with Crippen molar-refractivity contribution in [2.24, 2.45) is 16.8 Å². The number of carbonyl (C=O) groups is 1. The lowest BCUT2D eigenvalue weighted by molar-refractivity contribution is -0.138. The molecule has 0 bridgehead atoms. The second kappa shape index (κ2) is 10.4. The van der Waals surface area contributed by atoms with Gasteiger partial charge in [-0.3, -0.25) is 4.99 Å². The number of aliphatic imine (C=N–C) groups is 1. The predicted octanol–water partition coefficient (Wildman–Crippen LogP) is 4.20. The van der Waals surface area contributed by atoms with Crippen molar-refractivity contribution >= 4 is 11.7 Å². The Labute approximate surface area is 166 Å². The summed E-state index contributed by atoms with van der Waals surface area (Å²) >= 11 is 0. The van der Waals surface area contributed by atoms with Gasteiger partial charge in [0.25, 0.3) is 5.92 Å². The van der Waals surface area contributed by atoms with Gasteiger partial charge >= 0.3 is 5.97 Å². The molecule has 2 aliphatic rings. The number of hydrogen-bond acceptors (Lipinski definition) is 5. The fourth-order valence-electron chi connectivity index (χ4n) is 4.28. The molecule has 1 saturated carbocycles. The van der Waals surface area contributed by atoms with E-state index in [4.69, 9.17) is 14.2 Å². The van der Waals surface area contributed by atoms with Crippen molar-refractivity contribution in [3.63, 3.8) is 0 Å². The second-order valence-corrected chi connectivity index (χ2v) is 7.75. The first-order valence-corrected chi connectivity index (χ1v) is 10.2. The number of ether oxygens (including phenoxy) is 3. The van der Waals surface area contributed by atoms with Crippen molar-refractivity contribution in [1.29, 1.82) is 0 Å². The van der Waals surface area contributed by atoms with E-state index in [1.165, 1.54) is 0 Å². The van der Waals surface area contributed by atoms with E-state index in [-0.39, 0.29) is 23.8 Å². The molecule has 0 spiro atoms. The van der Waals surface area contributed by atoms with Crippen LogP contribution in [-0.4, -0.2) is 57.2 Å². The third-order valence-electron chi connectivity index (χ3n) is 5.64. The molecule has 0 aromatic rings. The highest BCUT2D eigenvalue weighted by Gasteiger charge is 2.42. The van der Waals surface area contributed by atoms with E-state index in [0.29, 0.717) is 37.7 Å². The molecule has 0 aromatic heterocycles. The Morgan fingerprint density at radius 2 is 1.89 bits per heavy atom. The molecule has 1 aliphatic carbocycles. The molecule has 0 amide bonds. The van der Waals surface area contributed by atoms with Gasteiger partial charge < -0.3 is 14.2 Å². The highest BCUT2D eigenvalue weighted by atomic mass is 19.3. The third kappa shape index (κ3) is 5.83. The van der Waals surface area contributed by atoms with Crippen LogP contribution in [0.25, 0.3) is 0 Å². The average molecular weight is 401 g/mol. The maximum absolute atomic E-state index is 14.0. The molecule has 1 heterocycles. The smallest absolute Gasteiger partial charge is 0.336 e. The second-order valence-electron chi connectivity index (χ2n) is 7.75. The van der Waals surface area contributed by atoms with Gasteiger partial charge in [0.15, 0.2) is 0 Å². The Kier molecular flexibility index (Phi) is 8.56. The first-order chi connectivity index (χ1) is 13.3. The summed E-state index contributed by atoms with van der Waals surface area (Å²) in [4.78, 5) is 16.8. The molecular weight excluding hydrogens is 368 g/mol. The average Bonchev–Trinajstić information content (AvgIpc) is 2.96. The fraction of sp³-hybridized carbons (Fsp3) is 0.810. The lowest BCUT2D eigenvalue weighted by Gasteiger charge is -2.33. The highest BCUT2D eigenvalue weighted by Crippen LogP contribution is 2.39. The zero-order valence-electron chi connectivity index (χ0n) is 17.4. The maximum Gasteiger partial charge on any atom is 0.336 e. The summed E-state index contributed by atoms with van der Waals surface area (Å²) in [5.74, 6) is -2.98. The zero-order chi connectivity index (χ0) is 20.7. The first-order valence-electron chi connectivity index (χ1n) is 10.2. The van der Waals surface area contributed by atoms with Gasteiger partial charge in [0.2, 0.25) is 0 Å². The van der Waals surface area contributed by atoms with Crippen LogP contribution in [0.15, 0.2) is 16.1 Å². The van der Waals surface area contributed by atoms with E-state index >= 15 is 0 Å². The van der Waals surface area contributed by atoms with E-state index in [1.54, 1.807) is 21.0 Å². The number of hydrogen-bond donors (Lipinski definition) is 0. The topological polar surface area (TPSA) is 57.1 Å². The number of esters is 1. The molecule has 28 heavy (non-hydrogen) atoms. The van der Waals surface area contributed by atoms with Crippen LogP contribution in [-0.2, 0) is 19.0 Å². The number of alkyl halides is 2. The van der Waals surface area contributed by atoms with Crippen LogP contribution >= 0.6 is 0 Å². The van der Waals surface area contributed by atoms with Crippen molar-refractivity contribution in [2.45, 2.75) is 64.8 Å². The predicted molar refractivity (Wildman–Crippen MR) is 104 cm³/mol. The molecule has 0 aromatic carbocycles. The third-order valence-corrected chi connectivity index (χ3v) is 5.64. The quantitative estimate of drug-likeness (QED) is 0.407. The number of nitrogens with zero attached hydrogens (tertiary/aromatic N) is 1. The monoisotopic (exact) mass is 401 g/mol. The van der Waals surface area contributed by atoms with Gasteiger partial charge in [-0.05, 0) is 44.1 Å². The lowest BCUT2D eigenvalue weighted by Crippen LogP contribution is -2.29. The number of rotatable bonds is 10. The van der Waals surface area contributed by atoms with Crippen LogP contribution in [0.1, 0.15) is 52.9 Å². The summed E-state index contributed by atoms with van der Waals surface area (Å²) in [6, 6.07) is -0.565. The first kappa shape index (κ1) is 22.9. The van der Waals surface area contributed by atoms with E-state index in [2.05, 4.69) is 4.99 Å². The van der Waals surface area contributed by atoms with Gasteiger partial charge in [0.05, 0.1) is 31.4 Å². The van der Waals surface area contributed by atoms with Gasteiger partial charge in [0.1, 0.15) is 5.71 Å². The molecule has 0 N–H and O–H groups in total. The maximum atomic E-state index is 14.0. The molecule has 3 unspecified atom stereocenters. The number of methoxy groups -OCH3 is 1. The molecule has 0 radical (unpaired) electrons. The number of carbonyl (C=O) groups excluding carboxylic acids is 1. The van der Waals surface area contributed by atoms with Crippen molar-refractivity contribution in [1.82, 2.24) is 0 Å². The molecule has 1 fully saturated rings. The summed E-state index contributed by atoms with van der Waals surface area (Å²) in [5, 5.41) is 0. The van der Waals surface area contributed by atoms with Crippen LogP contribution in [0, 0.1) is 11.8 Å². The number of allylic oxidation sites excluding steroid dienone is 1. The summed E-state index contributed by atoms with van der Waals surface area (Å²) in [6.45, 7) is 6.01. The largest absolute Gasteiger partial charge is 0.463 e. The van der Waals surface area contributed by atoms with Gasteiger partial charge in [0, 0.05) is 20.6 Å². The normalized spacial score (nSPS) is 25.8. The Bertz CT molecular complexity index is 598. The van der Waals surface area contributed by atoms with Gasteiger partial charge in [-0.2, -0.15) is 8.78 Å². The minimum Gasteiger partial charge on any atom is -0.463 e. The van der Waals surface area contributed by atoms with Gasteiger partial charge in [-0.1, -0.05) is 19.3 Å². The Balaban J connectivity index is 2.15. The SMILES string of the molecule is CCOC(=O)C1=C(C)C(C(C)(F)F)=NC1CC1CCCCC1COCCOC. The van der Waals surface area contributed by atoms with Crippen LogP contribution in [0.3, 0.4) is 0 Å². The highest BCUT2D eigenvalue weighted by molar-refractivity contribution is 6.13. The van der Waals surface area contributed by atoms with Crippen molar-refractivity contribution in [3.8, 4) is 0 Å². The molecule has 3 atom stereocenters. The molecule has 160 valence electrons. The molecule has 2 rings (SSSR count). The minimum absolute atomic E-state index is 0.208. The summed E-state index contributed by atoms with van der Waals surface area (Å²) in [5.41, 5.74) is 0.270. The molecule has 0 saturated heterocycles. The zero-order valence-corrected chi connectivity index (χ0v) is 17.4. The van der Waals surface area contributed by atoms with E-state index in [9.17, 15) is 13.6 Å². The van der Waals surface area contributed by atoms with E-state index in [0.717, 1.165) is 32.6 Å². The van der Waals surface area contributed by atoms with Crippen molar-refractivity contribution in [2.75, 3.05) is 33.5 Å². The molecule has 7 heteroatoms. The lowest BCUT2D eigenvalue weighted by atomic mass is 9.75. The van der Waals surface area contributed by atoms with Gasteiger partial charge in [-0.15, -0.1) is 0 Å². The number of halogens is 2. The standard InChI is InChI=1S/C21H33F2NO4/c1-5-28-20(25)18-14(2)19(21(3,22)23)24-17(18)12-15-8-6-7-9-16(15)13-27-11-10-26-4/h15-17H,5-13H2,1-4H3. The minimum atomic E-state index is -3.08. The summed E-state index contributed by atoms with van der Waals surface area (Å²) < 4.78 is 43.9. The van der Waals surface area contributed by atoms with E-state index in [1.807, 2.05) is 0 Å². The molecular formula is C21H33F2NO4. The Hall–Kier alpha value is -1.34. The van der Waals surface area contributed by atoms with Crippen LogP contribution in [0.5, 0.6) is 0 Å². The summed E-state index contributed by atoms with van der Waals surface area (Å²) in [7, 11) is 1.64. The molecule has 5 nitrogen and oxygen atoms in total.